The third kappa shape index (κ3) is 3.93. The maximum atomic E-state index is 10.6. The van der Waals surface area contributed by atoms with Crippen molar-refractivity contribution >= 4 is 35.3 Å². The van der Waals surface area contributed by atoms with Crippen LogP contribution < -0.4 is 5.73 Å². The molecule has 3 N–H and O–H groups in total. The van der Waals surface area contributed by atoms with E-state index in [1.807, 2.05) is 0 Å². The number of nitrogen functional groups attached to an aromatic ring is 1. The SMILES string of the molecule is C[C@H](CSc1cc(Cl)nc(N)n1)C(=O)O. The smallest absolute Gasteiger partial charge is 0.307 e. The van der Waals surface area contributed by atoms with Crippen molar-refractivity contribution < 1.29 is 9.90 Å². The van der Waals surface area contributed by atoms with Gasteiger partial charge >= 0.3 is 5.97 Å². The van der Waals surface area contributed by atoms with Gasteiger partial charge < -0.3 is 10.8 Å². The van der Waals surface area contributed by atoms with E-state index >= 15 is 0 Å². The molecule has 0 aliphatic heterocycles. The third-order valence-electron chi connectivity index (χ3n) is 1.59. The Morgan fingerprint density at radius 1 is 1.73 bits per heavy atom. The van der Waals surface area contributed by atoms with Crippen LogP contribution in [0.4, 0.5) is 5.95 Å². The second-order valence-electron chi connectivity index (χ2n) is 2.94. The molecule has 1 rings (SSSR count). The van der Waals surface area contributed by atoms with Crippen LogP contribution in [0.15, 0.2) is 11.1 Å². The van der Waals surface area contributed by atoms with Crippen LogP contribution >= 0.6 is 23.4 Å². The van der Waals surface area contributed by atoms with E-state index in [4.69, 9.17) is 22.4 Å². The molecule has 0 bridgehead atoms. The minimum absolute atomic E-state index is 0.0907. The number of thioether (sulfide) groups is 1. The van der Waals surface area contributed by atoms with Crippen LogP contribution in [0.3, 0.4) is 0 Å². The highest BCUT2D eigenvalue weighted by atomic mass is 35.5. The van der Waals surface area contributed by atoms with Crippen molar-refractivity contribution in [2.24, 2.45) is 5.92 Å². The molecule has 0 aliphatic carbocycles. The molecule has 0 fully saturated rings. The molecule has 15 heavy (non-hydrogen) atoms. The highest BCUT2D eigenvalue weighted by molar-refractivity contribution is 7.99. The number of rotatable bonds is 4. The first-order chi connectivity index (χ1) is 6.99. The molecule has 0 unspecified atom stereocenters. The second-order valence-corrected chi connectivity index (χ2v) is 4.36. The summed E-state index contributed by atoms with van der Waals surface area (Å²) in [7, 11) is 0. The minimum Gasteiger partial charge on any atom is -0.481 e. The summed E-state index contributed by atoms with van der Waals surface area (Å²) in [6.07, 6.45) is 0. The number of nitrogens with two attached hydrogens (primary N) is 1. The molecule has 1 heterocycles. The molecule has 7 heteroatoms. The quantitative estimate of drug-likeness (QED) is 0.620. The van der Waals surface area contributed by atoms with Gasteiger partial charge in [-0.15, -0.1) is 11.8 Å². The first-order valence-electron chi connectivity index (χ1n) is 4.14. The van der Waals surface area contributed by atoms with Gasteiger partial charge in [0.1, 0.15) is 10.2 Å². The Morgan fingerprint density at radius 3 is 2.93 bits per heavy atom. The molecule has 0 amide bonds. The number of carbonyl (C=O) groups is 1. The summed E-state index contributed by atoms with van der Waals surface area (Å²) in [4.78, 5) is 18.2. The molecule has 1 aromatic rings. The summed E-state index contributed by atoms with van der Waals surface area (Å²) in [5.41, 5.74) is 5.39. The predicted molar refractivity (Wildman–Crippen MR) is 59.0 cm³/mol. The largest absolute Gasteiger partial charge is 0.481 e. The summed E-state index contributed by atoms with van der Waals surface area (Å²) in [6, 6.07) is 1.55. The number of carboxylic acids is 1. The molecule has 82 valence electrons. The first-order valence-corrected chi connectivity index (χ1v) is 5.51. The molecular formula is C8H10ClN3O2S. The fraction of sp³-hybridized carbons (Fsp3) is 0.375. The van der Waals surface area contributed by atoms with Crippen LogP contribution in [-0.2, 0) is 4.79 Å². The first kappa shape index (κ1) is 12.1. The van der Waals surface area contributed by atoms with E-state index in [0.29, 0.717) is 10.8 Å². The molecule has 1 aromatic heterocycles. The molecule has 5 nitrogen and oxygen atoms in total. The standard InChI is InChI=1S/C8H10ClN3O2S/c1-4(7(13)14)3-15-6-2-5(9)11-8(10)12-6/h2,4H,3H2,1H3,(H,13,14)(H2,10,11,12)/t4-/m1/s1. The fourth-order valence-corrected chi connectivity index (χ4v) is 1.94. The van der Waals surface area contributed by atoms with E-state index in [-0.39, 0.29) is 11.1 Å². The molecule has 0 saturated carbocycles. The Morgan fingerprint density at radius 2 is 2.40 bits per heavy atom. The maximum absolute atomic E-state index is 10.6. The van der Waals surface area contributed by atoms with Crippen LogP contribution in [0.1, 0.15) is 6.92 Å². The summed E-state index contributed by atoms with van der Waals surface area (Å²) in [5, 5.41) is 9.51. The number of aliphatic carboxylic acids is 1. The van der Waals surface area contributed by atoms with Gasteiger partial charge in [0.2, 0.25) is 5.95 Å². The summed E-state index contributed by atoms with van der Waals surface area (Å²) < 4.78 is 0. The van der Waals surface area contributed by atoms with Gasteiger partial charge in [-0.2, -0.15) is 0 Å². The van der Waals surface area contributed by atoms with Crippen LogP contribution in [0.25, 0.3) is 0 Å². The molecule has 0 aromatic carbocycles. The van der Waals surface area contributed by atoms with Gasteiger partial charge in [0.25, 0.3) is 0 Å². The van der Waals surface area contributed by atoms with Gasteiger partial charge in [0.15, 0.2) is 0 Å². The zero-order valence-electron chi connectivity index (χ0n) is 7.98. The van der Waals surface area contributed by atoms with Crippen LogP contribution in [-0.4, -0.2) is 26.8 Å². The Labute approximate surface area is 96.1 Å². The van der Waals surface area contributed by atoms with E-state index < -0.39 is 11.9 Å². The monoisotopic (exact) mass is 247 g/mol. The number of carboxylic acid groups (broad SMARTS) is 1. The molecule has 0 aliphatic rings. The number of hydrogen-bond acceptors (Lipinski definition) is 5. The van der Waals surface area contributed by atoms with Crippen molar-refractivity contribution in [2.45, 2.75) is 11.9 Å². The Balaban J connectivity index is 2.61. The number of anilines is 1. The van der Waals surface area contributed by atoms with Crippen molar-refractivity contribution in [1.29, 1.82) is 0 Å². The average molecular weight is 248 g/mol. The highest BCUT2D eigenvalue weighted by Crippen LogP contribution is 2.21. The number of nitrogens with zero attached hydrogens (tertiary/aromatic N) is 2. The van der Waals surface area contributed by atoms with Crippen LogP contribution in [0, 0.1) is 5.92 Å². The molecule has 0 saturated heterocycles. The lowest BCUT2D eigenvalue weighted by molar-refractivity contribution is -0.140. The lowest BCUT2D eigenvalue weighted by Crippen LogP contribution is -2.11. The van der Waals surface area contributed by atoms with Crippen molar-refractivity contribution in [1.82, 2.24) is 9.97 Å². The lowest BCUT2D eigenvalue weighted by Gasteiger charge is -2.05. The maximum Gasteiger partial charge on any atom is 0.307 e. The van der Waals surface area contributed by atoms with E-state index in [0.717, 1.165) is 0 Å². The van der Waals surface area contributed by atoms with Crippen molar-refractivity contribution in [3.63, 3.8) is 0 Å². The molecule has 0 spiro atoms. The molecule has 1 atom stereocenters. The third-order valence-corrected chi connectivity index (χ3v) is 2.96. The van der Waals surface area contributed by atoms with Gasteiger partial charge in [-0.05, 0) is 0 Å². The van der Waals surface area contributed by atoms with Crippen molar-refractivity contribution in [3.8, 4) is 0 Å². The van der Waals surface area contributed by atoms with E-state index in [1.54, 1.807) is 13.0 Å². The lowest BCUT2D eigenvalue weighted by atomic mass is 10.2. The summed E-state index contributed by atoms with van der Waals surface area (Å²) >= 11 is 6.96. The number of halogens is 1. The van der Waals surface area contributed by atoms with Gasteiger partial charge in [-0.1, -0.05) is 18.5 Å². The molecule has 0 radical (unpaired) electrons. The zero-order chi connectivity index (χ0) is 11.4. The Hall–Kier alpha value is -1.01. The minimum atomic E-state index is -0.837. The van der Waals surface area contributed by atoms with Gasteiger partial charge in [-0.3, -0.25) is 4.79 Å². The Bertz CT molecular complexity index is 355. The van der Waals surface area contributed by atoms with Crippen molar-refractivity contribution in [3.05, 3.63) is 11.2 Å². The van der Waals surface area contributed by atoms with Crippen LogP contribution in [0.2, 0.25) is 5.15 Å². The van der Waals surface area contributed by atoms with Gasteiger partial charge in [0.05, 0.1) is 5.92 Å². The van der Waals surface area contributed by atoms with E-state index in [2.05, 4.69) is 9.97 Å². The second kappa shape index (κ2) is 5.18. The highest BCUT2D eigenvalue weighted by Gasteiger charge is 2.12. The van der Waals surface area contributed by atoms with Gasteiger partial charge in [0, 0.05) is 11.8 Å². The predicted octanol–water partition coefficient (Wildman–Crippen LogP) is 1.53. The normalized spacial score (nSPS) is 12.4. The number of aromatic nitrogens is 2. The Kier molecular flexibility index (Phi) is 4.16. The topological polar surface area (TPSA) is 89.1 Å². The van der Waals surface area contributed by atoms with Crippen molar-refractivity contribution in [2.75, 3.05) is 11.5 Å². The summed E-state index contributed by atoms with van der Waals surface area (Å²) in [6.45, 7) is 1.63. The number of hydrogen-bond donors (Lipinski definition) is 2. The van der Waals surface area contributed by atoms with E-state index in [1.165, 1.54) is 11.8 Å². The average Bonchev–Trinajstić information content (AvgIpc) is 2.12. The zero-order valence-corrected chi connectivity index (χ0v) is 9.55. The van der Waals surface area contributed by atoms with E-state index in [9.17, 15) is 4.79 Å². The van der Waals surface area contributed by atoms with Crippen LogP contribution in [0.5, 0.6) is 0 Å². The van der Waals surface area contributed by atoms with Gasteiger partial charge in [-0.25, -0.2) is 9.97 Å². The molecular weight excluding hydrogens is 238 g/mol. The fourth-order valence-electron chi connectivity index (χ4n) is 0.769. The summed E-state index contributed by atoms with van der Waals surface area (Å²) in [5.74, 6) is -0.768.